The monoisotopic (exact) mass is 365 g/mol. The lowest BCUT2D eigenvalue weighted by atomic mass is 9.77. The van der Waals surface area contributed by atoms with Crippen LogP contribution in [-0.4, -0.2) is 34.1 Å². The minimum atomic E-state index is -0.0514. The number of phenols is 1. The molecule has 6 heteroatoms. The molecule has 3 aromatic rings. The predicted octanol–water partition coefficient (Wildman–Crippen LogP) is 4.02. The van der Waals surface area contributed by atoms with Crippen molar-refractivity contribution in [2.75, 3.05) is 12.4 Å². The van der Waals surface area contributed by atoms with Gasteiger partial charge in [-0.25, -0.2) is 0 Å². The quantitative estimate of drug-likeness (QED) is 0.684. The molecule has 4 rings (SSSR count). The Morgan fingerprint density at radius 1 is 1.35 bits per heavy atom. The molecule has 2 aromatic heterocycles. The standard InChI is InChI=1S/C20H19N3O2S/c1-4-12-5-6-14(16(24)9-12)17-15-7-8-26-18(15)19(23-22-17)21-13-10-20(2,11-13)25-3/h1,5-9,13,24H,10-11H2,2-3H3,(H,21,23). The van der Waals surface area contributed by atoms with Gasteiger partial charge in [0.1, 0.15) is 11.4 Å². The van der Waals surface area contributed by atoms with Gasteiger partial charge in [-0.1, -0.05) is 5.92 Å². The molecule has 0 bridgehead atoms. The zero-order chi connectivity index (χ0) is 18.3. The number of ether oxygens (including phenoxy) is 1. The van der Waals surface area contributed by atoms with Crippen LogP contribution in [0.4, 0.5) is 5.82 Å². The van der Waals surface area contributed by atoms with Crippen LogP contribution in [0.5, 0.6) is 5.75 Å². The van der Waals surface area contributed by atoms with Crippen LogP contribution in [0.25, 0.3) is 21.3 Å². The maximum Gasteiger partial charge on any atom is 0.166 e. The molecule has 0 atom stereocenters. The minimum Gasteiger partial charge on any atom is -0.507 e. The summed E-state index contributed by atoms with van der Waals surface area (Å²) < 4.78 is 6.54. The number of benzene rings is 1. The fourth-order valence-electron chi connectivity index (χ4n) is 3.44. The number of aromatic hydroxyl groups is 1. The number of thiophene rings is 1. The molecule has 1 aliphatic rings. The van der Waals surface area contributed by atoms with E-state index in [9.17, 15) is 5.11 Å². The van der Waals surface area contributed by atoms with E-state index in [1.165, 1.54) is 0 Å². The largest absolute Gasteiger partial charge is 0.507 e. The van der Waals surface area contributed by atoms with E-state index in [4.69, 9.17) is 11.2 Å². The Morgan fingerprint density at radius 2 is 2.15 bits per heavy atom. The average molecular weight is 365 g/mol. The summed E-state index contributed by atoms with van der Waals surface area (Å²) in [5.74, 6) is 3.41. The van der Waals surface area contributed by atoms with Gasteiger partial charge < -0.3 is 15.2 Å². The van der Waals surface area contributed by atoms with Crippen molar-refractivity contribution >= 4 is 27.2 Å². The van der Waals surface area contributed by atoms with E-state index >= 15 is 0 Å². The van der Waals surface area contributed by atoms with Crippen LogP contribution in [-0.2, 0) is 4.74 Å². The predicted molar refractivity (Wildman–Crippen MR) is 105 cm³/mol. The first kappa shape index (κ1) is 16.8. The molecule has 5 nitrogen and oxygen atoms in total. The van der Waals surface area contributed by atoms with Gasteiger partial charge in [0.25, 0.3) is 0 Å². The number of nitrogens with zero attached hydrogens (tertiary/aromatic N) is 2. The fraction of sp³-hybridized carbons (Fsp3) is 0.300. The molecule has 132 valence electrons. The summed E-state index contributed by atoms with van der Waals surface area (Å²) in [4.78, 5) is 0. The minimum absolute atomic E-state index is 0.0514. The Labute approximate surface area is 156 Å². The lowest BCUT2D eigenvalue weighted by molar-refractivity contribution is -0.0625. The van der Waals surface area contributed by atoms with Crippen molar-refractivity contribution < 1.29 is 9.84 Å². The van der Waals surface area contributed by atoms with Gasteiger partial charge >= 0.3 is 0 Å². The van der Waals surface area contributed by atoms with Crippen molar-refractivity contribution in [3.63, 3.8) is 0 Å². The number of methoxy groups -OCH3 is 1. The number of anilines is 1. The molecule has 0 unspecified atom stereocenters. The van der Waals surface area contributed by atoms with Crippen LogP contribution in [0.15, 0.2) is 29.6 Å². The summed E-state index contributed by atoms with van der Waals surface area (Å²) in [6.45, 7) is 2.11. The normalized spacial score (nSPS) is 22.0. The van der Waals surface area contributed by atoms with Crippen molar-refractivity contribution in [1.82, 2.24) is 10.2 Å². The van der Waals surface area contributed by atoms with Crippen molar-refractivity contribution in [3.05, 3.63) is 35.2 Å². The number of nitrogens with one attached hydrogen (secondary N) is 1. The van der Waals surface area contributed by atoms with Gasteiger partial charge in [0.05, 0.1) is 10.3 Å². The Morgan fingerprint density at radius 3 is 2.85 bits per heavy atom. The van der Waals surface area contributed by atoms with Crippen molar-refractivity contribution in [2.24, 2.45) is 0 Å². The number of rotatable bonds is 4. The summed E-state index contributed by atoms with van der Waals surface area (Å²) in [6, 6.07) is 7.48. The van der Waals surface area contributed by atoms with Crippen molar-refractivity contribution in [2.45, 2.75) is 31.4 Å². The van der Waals surface area contributed by atoms with Crippen molar-refractivity contribution in [1.29, 1.82) is 0 Å². The van der Waals surface area contributed by atoms with Crippen LogP contribution in [0, 0.1) is 12.3 Å². The number of terminal acetylenes is 1. The third-order valence-corrected chi connectivity index (χ3v) is 5.92. The fourth-order valence-corrected chi connectivity index (χ4v) is 4.28. The Balaban J connectivity index is 1.68. The Hall–Kier alpha value is -2.62. The number of hydrogen-bond donors (Lipinski definition) is 2. The van der Waals surface area contributed by atoms with Gasteiger partial charge in [0, 0.05) is 29.7 Å². The van der Waals surface area contributed by atoms with E-state index in [0.29, 0.717) is 22.9 Å². The lowest BCUT2D eigenvalue weighted by Crippen LogP contribution is -2.49. The smallest absolute Gasteiger partial charge is 0.166 e. The molecule has 1 fully saturated rings. The first-order valence-corrected chi connectivity index (χ1v) is 9.26. The molecule has 26 heavy (non-hydrogen) atoms. The Kier molecular flexibility index (Phi) is 4.06. The number of aromatic nitrogens is 2. The highest BCUT2D eigenvalue weighted by Gasteiger charge is 2.40. The van der Waals surface area contributed by atoms with E-state index < -0.39 is 0 Å². The first-order chi connectivity index (χ1) is 12.5. The van der Waals surface area contributed by atoms with E-state index in [0.717, 1.165) is 28.7 Å². The second-order valence-corrected chi connectivity index (χ2v) is 7.76. The van der Waals surface area contributed by atoms with Gasteiger partial charge in [0.2, 0.25) is 0 Å². The van der Waals surface area contributed by atoms with Crippen LogP contribution < -0.4 is 5.32 Å². The highest BCUT2D eigenvalue weighted by Crippen LogP contribution is 2.40. The molecule has 1 aromatic carbocycles. The zero-order valence-corrected chi connectivity index (χ0v) is 15.4. The molecular formula is C20H19N3O2S. The van der Waals surface area contributed by atoms with Gasteiger partial charge in [-0.15, -0.1) is 28.0 Å². The molecule has 0 spiro atoms. The molecule has 0 amide bonds. The third-order valence-electron chi connectivity index (χ3n) is 4.99. The van der Waals surface area contributed by atoms with Crippen LogP contribution in [0.3, 0.4) is 0 Å². The number of hydrogen-bond acceptors (Lipinski definition) is 6. The van der Waals surface area contributed by atoms with E-state index in [1.54, 1.807) is 36.6 Å². The molecule has 0 aliphatic heterocycles. The van der Waals surface area contributed by atoms with Gasteiger partial charge in [-0.3, -0.25) is 0 Å². The molecular weight excluding hydrogens is 346 g/mol. The summed E-state index contributed by atoms with van der Waals surface area (Å²) >= 11 is 1.61. The molecule has 2 N–H and O–H groups in total. The molecule has 0 saturated heterocycles. The highest BCUT2D eigenvalue weighted by molar-refractivity contribution is 7.17. The Bertz CT molecular complexity index is 1020. The van der Waals surface area contributed by atoms with Gasteiger partial charge in [-0.2, -0.15) is 0 Å². The lowest BCUT2D eigenvalue weighted by Gasteiger charge is -2.44. The van der Waals surface area contributed by atoms with E-state index in [2.05, 4.69) is 28.4 Å². The topological polar surface area (TPSA) is 67.3 Å². The van der Waals surface area contributed by atoms with E-state index in [-0.39, 0.29) is 11.4 Å². The number of phenolic OH excluding ortho intramolecular Hbond substituents is 1. The van der Waals surface area contributed by atoms with Gasteiger partial charge in [-0.05, 0) is 49.4 Å². The molecule has 2 heterocycles. The average Bonchev–Trinajstić information content (AvgIpc) is 3.11. The summed E-state index contributed by atoms with van der Waals surface area (Å²) in [7, 11) is 1.75. The van der Waals surface area contributed by atoms with Gasteiger partial charge in [0.15, 0.2) is 5.82 Å². The molecule has 0 radical (unpaired) electrons. The zero-order valence-electron chi connectivity index (χ0n) is 14.6. The highest BCUT2D eigenvalue weighted by atomic mass is 32.1. The second kappa shape index (κ2) is 6.27. The van der Waals surface area contributed by atoms with Crippen LogP contribution >= 0.6 is 11.3 Å². The maximum absolute atomic E-state index is 10.3. The first-order valence-electron chi connectivity index (χ1n) is 8.38. The summed E-state index contributed by atoms with van der Waals surface area (Å²) in [5.41, 5.74) is 1.86. The summed E-state index contributed by atoms with van der Waals surface area (Å²) in [5, 5.41) is 25.6. The number of fused-ring (bicyclic) bond motifs is 1. The maximum atomic E-state index is 10.3. The van der Waals surface area contributed by atoms with Crippen molar-refractivity contribution in [3.8, 4) is 29.4 Å². The molecule has 1 saturated carbocycles. The second-order valence-electron chi connectivity index (χ2n) is 6.84. The molecule has 1 aliphatic carbocycles. The van der Waals surface area contributed by atoms with E-state index in [1.807, 2.05) is 11.4 Å². The SMILES string of the molecule is C#Cc1ccc(-c2nnc(NC3CC(C)(OC)C3)c3sccc23)c(O)c1. The third kappa shape index (κ3) is 2.79. The summed E-state index contributed by atoms with van der Waals surface area (Å²) in [6.07, 6.45) is 7.27. The van der Waals surface area contributed by atoms with Crippen LogP contribution in [0.2, 0.25) is 0 Å². The van der Waals surface area contributed by atoms with Crippen LogP contribution in [0.1, 0.15) is 25.3 Å².